The van der Waals surface area contributed by atoms with Crippen LogP contribution in [0.5, 0.6) is 11.5 Å². The van der Waals surface area contributed by atoms with Gasteiger partial charge in [-0.15, -0.1) is 0 Å². The summed E-state index contributed by atoms with van der Waals surface area (Å²) in [6, 6.07) is 15.6. The number of anilines is 2. The lowest BCUT2D eigenvalue weighted by atomic mass is 10.2. The number of rotatable bonds is 9. The third-order valence-electron chi connectivity index (χ3n) is 5.22. The third kappa shape index (κ3) is 6.79. The Bertz CT molecular complexity index is 1420. The molecule has 0 radical (unpaired) electrons. The average molecular weight is 502 g/mol. The van der Waals surface area contributed by atoms with Crippen molar-refractivity contribution in [2.75, 3.05) is 17.2 Å². The molecule has 0 aliphatic heterocycles. The Labute approximate surface area is 212 Å². The Kier molecular flexibility index (Phi) is 7.89. The summed E-state index contributed by atoms with van der Waals surface area (Å²) in [6.07, 6.45) is 4.14. The molecule has 0 saturated heterocycles. The normalized spacial score (nSPS) is 10.4. The number of ether oxygens (including phenoxy) is 1. The maximum Gasteiger partial charge on any atom is 0.323 e. The van der Waals surface area contributed by atoms with Crippen LogP contribution in [0.3, 0.4) is 0 Å². The van der Waals surface area contributed by atoms with E-state index in [2.05, 4.69) is 25.9 Å². The predicted molar refractivity (Wildman–Crippen MR) is 137 cm³/mol. The van der Waals surface area contributed by atoms with Gasteiger partial charge in [0.2, 0.25) is 0 Å². The van der Waals surface area contributed by atoms with E-state index >= 15 is 0 Å². The zero-order valence-corrected chi connectivity index (χ0v) is 19.9. The molecule has 2 aromatic carbocycles. The molecule has 0 aliphatic carbocycles. The summed E-state index contributed by atoms with van der Waals surface area (Å²) in [6.45, 7) is 2.08. The molecule has 4 N–H and O–H groups in total. The van der Waals surface area contributed by atoms with Crippen LogP contribution in [-0.2, 0) is 4.79 Å². The monoisotopic (exact) mass is 501 g/mol. The second-order valence-corrected chi connectivity index (χ2v) is 8.08. The molecule has 37 heavy (non-hydrogen) atoms. The number of halogens is 1. The molecule has 0 spiro atoms. The number of urea groups is 1. The number of amides is 3. The van der Waals surface area contributed by atoms with Crippen molar-refractivity contribution in [1.82, 2.24) is 15.3 Å². The van der Waals surface area contributed by atoms with Gasteiger partial charge in [-0.2, -0.15) is 0 Å². The van der Waals surface area contributed by atoms with E-state index in [9.17, 15) is 18.8 Å². The van der Waals surface area contributed by atoms with Crippen LogP contribution in [0, 0.1) is 12.7 Å². The number of hydrogen-bond acceptors (Lipinski definition) is 5. The number of aromatic amines is 1. The van der Waals surface area contributed by atoms with Crippen molar-refractivity contribution in [2.45, 2.75) is 13.3 Å². The van der Waals surface area contributed by atoms with Crippen molar-refractivity contribution < 1.29 is 23.5 Å². The Morgan fingerprint density at radius 2 is 1.84 bits per heavy atom. The van der Waals surface area contributed by atoms with Crippen LogP contribution >= 0.6 is 0 Å². The first-order valence-corrected chi connectivity index (χ1v) is 11.4. The molecule has 9 nitrogen and oxygen atoms in total. The van der Waals surface area contributed by atoms with Crippen molar-refractivity contribution in [1.29, 1.82) is 0 Å². The summed E-state index contributed by atoms with van der Waals surface area (Å²) in [5.74, 6) is 0.234. The number of benzene rings is 2. The standard InChI is InChI=1S/C27H24FN5O4/c1-17-3-8-22(28)23(13-17)33-27(36)32-19-4-6-20(7-5-19)37-21-9-11-29-25(15-21)24-14-18(16-31-24)26(35)30-10-2-12-34/h3-9,11-16,31H,2,10H2,1H3,(H,30,35)(H2,32,33,36). The van der Waals surface area contributed by atoms with Crippen LogP contribution in [0.15, 0.2) is 73.1 Å². The summed E-state index contributed by atoms with van der Waals surface area (Å²) in [5, 5.41) is 7.80. The van der Waals surface area contributed by atoms with Gasteiger partial charge >= 0.3 is 6.03 Å². The van der Waals surface area contributed by atoms with Gasteiger partial charge in [-0.25, -0.2) is 9.18 Å². The highest BCUT2D eigenvalue weighted by atomic mass is 19.1. The van der Waals surface area contributed by atoms with E-state index in [1.54, 1.807) is 73.9 Å². The second kappa shape index (κ2) is 11.6. The maximum absolute atomic E-state index is 13.9. The Hall–Kier alpha value is -4.99. The molecular weight excluding hydrogens is 477 g/mol. The second-order valence-electron chi connectivity index (χ2n) is 8.08. The predicted octanol–water partition coefficient (Wildman–Crippen LogP) is 5.28. The van der Waals surface area contributed by atoms with Crippen LogP contribution in [0.4, 0.5) is 20.6 Å². The summed E-state index contributed by atoms with van der Waals surface area (Å²) in [7, 11) is 0. The SMILES string of the molecule is Cc1ccc(F)c(NC(=O)Nc2ccc(Oc3ccnc(-c4cc(C(=O)NCCC=O)c[nH]4)c3)cc2)c1. The van der Waals surface area contributed by atoms with E-state index in [1.165, 1.54) is 6.07 Å². The number of nitrogens with zero attached hydrogens (tertiary/aromatic N) is 1. The lowest BCUT2D eigenvalue weighted by molar-refractivity contribution is -0.107. The molecule has 188 valence electrons. The largest absolute Gasteiger partial charge is 0.457 e. The average Bonchev–Trinajstić information content (AvgIpc) is 3.38. The van der Waals surface area contributed by atoms with Gasteiger partial charge < -0.3 is 30.5 Å². The van der Waals surface area contributed by atoms with Crippen LogP contribution in [0.1, 0.15) is 22.3 Å². The number of carbonyl (C=O) groups is 3. The number of pyridine rings is 1. The van der Waals surface area contributed by atoms with Crippen molar-refractivity contribution in [3.8, 4) is 22.9 Å². The highest BCUT2D eigenvalue weighted by Crippen LogP contribution is 2.27. The summed E-state index contributed by atoms with van der Waals surface area (Å²) < 4.78 is 19.8. The lowest BCUT2D eigenvalue weighted by Gasteiger charge is -2.10. The fourth-order valence-corrected chi connectivity index (χ4v) is 3.40. The zero-order valence-electron chi connectivity index (χ0n) is 19.9. The van der Waals surface area contributed by atoms with Gasteiger partial charge in [-0.1, -0.05) is 6.07 Å². The molecule has 4 aromatic rings. The van der Waals surface area contributed by atoms with E-state index < -0.39 is 11.8 Å². The summed E-state index contributed by atoms with van der Waals surface area (Å²) in [5.41, 5.74) is 3.04. The molecule has 0 unspecified atom stereocenters. The van der Waals surface area contributed by atoms with Crippen molar-refractivity contribution in [3.05, 3.63) is 90.0 Å². The molecule has 0 bridgehead atoms. The van der Waals surface area contributed by atoms with Gasteiger partial charge in [0, 0.05) is 37.1 Å². The minimum Gasteiger partial charge on any atom is -0.457 e. The van der Waals surface area contributed by atoms with E-state index in [0.29, 0.717) is 34.1 Å². The smallest absolute Gasteiger partial charge is 0.323 e. The number of H-pyrrole nitrogens is 1. The van der Waals surface area contributed by atoms with E-state index in [1.807, 2.05) is 0 Å². The molecule has 0 atom stereocenters. The molecule has 2 heterocycles. The maximum atomic E-state index is 13.9. The molecule has 2 aromatic heterocycles. The minimum absolute atomic E-state index is 0.0960. The van der Waals surface area contributed by atoms with Gasteiger partial charge in [-0.3, -0.25) is 9.78 Å². The van der Waals surface area contributed by atoms with Crippen molar-refractivity contribution in [2.24, 2.45) is 0 Å². The lowest BCUT2D eigenvalue weighted by Crippen LogP contribution is -2.24. The van der Waals surface area contributed by atoms with E-state index in [-0.39, 0.29) is 24.6 Å². The van der Waals surface area contributed by atoms with Gasteiger partial charge in [-0.05, 0) is 61.0 Å². The van der Waals surface area contributed by atoms with Crippen molar-refractivity contribution in [3.63, 3.8) is 0 Å². The highest BCUT2D eigenvalue weighted by molar-refractivity contribution is 6.00. The summed E-state index contributed by atoms with van der Waals surface area (Å²) in [4.78, 5) is 42.1. The molecule has 10 heteroatoms. The minimum atomic E-state index is -0.570. The fourth-order valence-electron chi connectivity index (χ4n) is 3.40. The first-order valence-electron chi connectivity index (χ1n) is 11.4. The van der Waals surface area contributed by atoms with Crippen LogP contribution < -0.4 is 20.7 Å². The topological polar surface area (TPSA) is 125 Å². The molecule has 4 rings (SSSR count). The molecule has 3 amide bonds. The quantitative estimate of drug-likeness (QED) is 0.183. The number of aromatic nitrogens is 2. The number of aldehydes is 1. The van der Waals surface area contributed by atoms with Crippen LogP contribution in [0.2, 0.25) is 0 Å². The number of aryl methyl sites for hydroxylation is 1. The first-order chi connectivity index (χ1) is 17.9. The number of nitrogens with one attached hydrogen (secondary N) is 4. The highest BCUT2D eigenvalue weighted by Gasteiger charge is 2.11. The van der Waals surface area contributed by atoms with Gasteiger partial charge in [0.1, 0.15) is 23.6 Å². The third-order valence-corrected chi connectivity index (χ3v) is 5.22. The number of hydrogen-bond donors (Lipinski definition) is 4. The zero-order chi connectivity index (χ0) is 26.2. The van der Waals surface area contributed by atoms with Gasteiger partial charge in [0.15, 0.2) is 0 Å². The Morgan fingerprint density at radius 1 is 1.03 bits per heavy atom. The van der Waals surface area contributed by atoms with Gasteiger partial charge in [0.25, 0.3) is 5.91 Å². The van der Waals surface area contributed by atoms with Crippen LogP contribution in [-0.4, -0.2) is 34.7 Å². The molecule has 0 fully saturated rings. The first kappa shape index (κ1) is 25.1. The molecule has 0 saturated carbocycles. The Morgan fingerprint density at radius 3 is 2.62 bits per heavy atom. The summed E-state index contributed by atoms with van der Waals surface area (Å²) >= 11 is 0. The fraction of sp³-hybridized carbons (Fsp3) is 0.111. The van der Waals surface area contributed by atoms with Crippen LogP contribution in [0.25, 0.3) is 11.4 Å². The van der Waals surface area contributed by atoms with Gasteiger partial charge in [0.05, 0.1) is 22.6 Å². The van der Waals surface area contributed by atoms with E-state index in [0.717, 1.165) is 11.8 Å². The molecule has 0 aliphatic rings. The van der Waals surface area contributed by atoms with Crippen molar-refractivity contribution >= 4 is 29.6 Å². The molecular formula is C27H24FN5O4. The Balaban J connectivity index is 1.36. The van der Waals surface area contributed by atoms with E-state index in [4.69, 9.17) is 4.74 Å². The number of carbonyl (C=O) groups excluding carboxylic acids is 3.